The maximum absolute atomic E-state index is 11.8. The number of hydrogen-bond donors (Lipinski definition) is 2. The van der Waals surface area contributed by atoms with Gasteiger partial charge in [0.05, 0.1) is 6.54 Å². The molecule has 1 atom stereocenters. The fraction of sp³-hybridized carbons (Fsp3) is 0.533. The zero-order chi connectivity index (χ0) is 12.8. The Morgan fingerprint density at radius 3 is 2.53 bits per heavy atom. The predicted octanol–water partition coefficient (Wildman–Crippen LogP) is 3.22. The van der Waals surface area contributed by atoms with Crippen molar-refractivity contribution >= 4 is 24.0 Å². The molecule has 0 saturated heterocycles. The first kappa shape index (κ1) is 15.8. The van der Waals surface area contributed by atoms with Gasteiger partial charge in [-0.3, -0.25) is 4.79 Å². The van der Waals surface area contributed by atoms with Crippen LogP contribution in [-0.2, 0) is 4.79 Å². The van der Waals surface area contributed by atoms with Crippen LogP contribution in [0.1, 0.15) is 32.6 Å². The SMILES string of the molecule is CC(NC(=O)CNc1ccccc1)C1CCCC1.Cl. The van der Waals surface area contributed by atoms with Crippen LogP contribution in [0.2, 0.25) is 0 Å². The first-order chi connectivity index (χ1) is 8.75. The van der Waals surface area contributed by atoms with Crippen molar-refractivity contribution in [1.29, 1.82) is 0 Å². The van der Waals surface area contributed by atoms with Crippen molar-refractivity contribution in [2.75, 3.05) is 11.9 Å². The van der Waals surface area contributed by atoms with E-state index in [1.54, 1.807) is 0 Å². The van der Waals surface area contributed by atoms with Gasteiger partial charge in [-0.05, 0) is 37.8 Å². The van der Waals surface area contributed by atoms with E-state index in [1.165, 1.54) is 25.7 Å². The van der Waals surface area contributed by atoms with Gasteiger partial charge >= 0.3 is 0 Å². The highest BCUT2D eigenvalue weighted by Gasteiger charge is 2.22. The molecule has 3 nitrogen and oxygen atoms in total. The zero-order valence-corrected chi connectivity index (χ0v) is 12.2. The molecule has 2 N–H and O–H groups in total. The molecule has 106 valence electrons. The van der Waals surface area contributed by atoms with Crippen molar-refractivity contribution < 1.29 is 4.79 Å². The first-order valence-corrected chi connectivity index (χ1v) is 6.84. The number of nitrogens with one attached hydrogen (secondary N) is 2. The number of carbonyl (C=O) groups excluding carboxylic acids is 1. The summed E-state index contributed by atoms with van der Waals surface area (Å²) >= 11 is 0. The summed E-state index contributed by atoms with van der Waals surface area (Å²) in [6, 6.07) is 10.1. The minimum atomic E-state index is 0. The molecule has 0 heterocycles. The van der Waals surface area contributed by atoms with Crippen LogP contribution >= 0.6 is 12.4 Å². The Hall–Kier alpha value is -1.22. The van der Waals surface area contributed by atoms with Gasteiger partial charge in [0.1, 0.15) is 0 Å². The number of amides is 1. The van der Waals surface area contributed by atoms with Crippen LogP contribution in [-0.4, -0.2) is 18.5 Å². The number of rotatable bonds is 5. The third-order valence-corrected chi connectivity index (χ3v) is 3.72. The first-order valence-electron chi connectivity index (χ1n) is 6.84. The minimum Gasteiger partial charge on any atom is -0.376 e. The summed E-state index contributed by atoms with van der Waals surface area (Å²) in [5.41, 5.74) is 0.987. The van der Waals surface area contributed by atoms with Crippen LogP contribution in [0.4, 0.5) is 5.69 Å². The Labute approximate surface area is 121 Å². The maximum atomic E-state index is 11.8. The van der Waals surface area contributed by atoms with E-state index in [4.69, 9.17) is 0 Å². The lowest BCUT2D eigenvalue weighted by Crippen LogP contribution is -2.40. The molecule has 0 aromatic heterocycles. The van der Waals surface area contributed by atoms with Gasteiger partial charge in [-0.1, -0.05) is 31.0 Å². The average Bonchev–Trinajstić information content (AvgIpc) is 2.91. The van der Waals surface area contributed by atoms with Crippen LogP contribution < -0.4 is 10.6 Å². The number of para-hydroxylation sites is 1. The van der Waals surface area contributed by atoms with E-state index in [0.717, 1.165) is 5.69 Å². The molecule has 0 bridgehead atoms. The monoisotopic (exact) mass is 282 g/mol. The molecule has 1 aromatic rings. The summed E-state index contributed by atoms with van der Waals surface area (Å²) in [6.45, 7) is 2.47. The number of benzene rings is 1. The largest absolute Gasteiger partial charge is 0.376 e. The minimum absolute atomic E-state index is 0. The van der Waals surface area contributed by atoms with Gasteiger partial charge in [-0.15, -0.1) is 12.4 Å². The van der Waals surface area contributed by atoms with Crippen molar-refractivity contribution in [1.82, 2.24) is 5.32 Å². The molecule has 19 heavy (non-hydrogen) atoms. The fourth-order valence-corrected chi connectivity index (χ4v) is 2.62. The van der Waals surface area contributed by atoms with Gasteiger partial charge in [-0.25, -0.2) is 0 Å². The van der Waals surface area contributed by atoms with E-state index in [1.807, 2.05) is 30.3 Å². The Balaban J connectivity index is 0.00000180. The maximum Gasteiger partial charge on any atom is 0.239 e. The summed E-state index contributed by atoms with van der Waals surface area (Å²) in [5.74, 6) is 0.754. The molecule has 1 aliphatic carbocycles. The van der Waals surface area contributed by atoms with Crippen LogP contribution in [0.5, 0.6) is 0 Å². The van der Waals surface area contributed by atoms with Crippen molar-refractivity contribution in [3.8, 4) is 0 Å². The fourth-order valence-electron chi connectivity index (χ4n) is 2.62. The van der Waals surface area contributed by atoms with Crippen molar-refractivity contribution in [3.05, 3.63) is 30.3 Å². The molecule has 1 fully saturated rings. The standard InChI is InChI=1S/C15H22N2O.ClH/c1-12(13-7-5-6-8-13)17-15(18)11-16-14-9-3-2-4-10-14;/h2-4,9-10,12-13,16H,5-8,11H2,1H3,(H,17,18);1H. The molecule has 4 heteroatoms. The van der Waals surface area contributed by atoms with Crippen LogP contribution in [0, 0.1) is 5.92 Å². The smallest absolute Gasteiger partial charge is 0.239 e. The topological polar surface area (TPSA) is 41.1 Å². The summed E-state index contributed by atoms with van der Waals surface area (Å²) in [5, 5.41) is 6.22. The molecule has 0 radical (unpaired) electrons. The van der Waals surface area contributed by atoms with E-state index >= 15 is 0 Å². The van der Waals surface area contributed by atoms with Crippen LogP contribution in [0.3, 0.4) is 0 Å². The number of hydrogen-bond acceptors (Lipinski definition) is 2. The second kappa shape index (κ2) is 8.05. The van der Waals surface area contributed by atoms with Crippen molar-refractivity contribution in [2.45, 2.75) is 38.6 Å². The number of halogens is 1. The predicted molar refractivity (Wildman–Crippen MR) is 81.7 cm³/mol. The molecule has 1 aliphatic rings. The van der Waals surface area contributed by atoms with Crippen molar-refractivity contribution in [2.24, 2.45) is 5.92 Å². The van der Waals surface area contributed by atoms with Gasteiger partial charge in [0.25, 0.3) is 0 Å². The van der Waals surface area contributed by atoms with Gasteiger partial charge in [0.2, 0.25) is 5.91 Å². The van der Waals surface area contributed by atoms with Crippen molar-refractivity contribution in [3.63, 3.8) is 0 Å². The second-order valence-corrected chi connectivity index (χ2v) is 5.12. The highest BCUT2D eigenvalue weighted by atomic mass is 35.5. The molecule has 1 unspecified atom stereocenters. The van der Waals surface area contributed by atoms with Gasteiger partial charge in [0.15, 0.2) is 0 Å². The Morgan fingerprint density at radius 1 is 1.26 bits per heavy atom. The van der Waals surface area contributed by atoms with Crippen LogP contribution in [0.15, 0.2) is 30.3 Å². The van der Waals surface area contributed by atoms with E-state index in [0.29, 0.717) is 18.5 Å². The summed E-state index contributed by atoms with van der Waals surface area (Å²) in [7, 11) is 0. The van der Waals surface area contributed by atoms with E-state index in [9.17, 15) is 4.79 Å². The lowest BCUT2D eigenvalue weighted by atomic mass is 10.00. The molecule has 2 rings (SSSR count). The molecule has 1 saturated carbocycles. The van der Waals surface area contributed by atoms with Gasteiger partial charge < -0.3 is 10.6 Å². The normalized spacial score (nSPS) is 16.5. The molecule has 1 amide bonds. The summed E-state index contributed by atoms with van der Waals surface area (Å²) < 4.78 is 0. The third kappa shape index (κ3) is 5.11. The Morgan fingerprint density at radius 2 is 1.89 bits per heavy atom. The molecule has 0 spiro atoms. The zero-order valence-electron chi connectivity index (χ0n) is 11.4. The molecular formula is C15H23ClN2O. The average molecular weight is 283 g/mol. The lowest BCUT2D eigenvalue weighted by molar-refractivity contribution is -0.120. The number of anilines is 1. The highest BCUT2D eigenvalue weighted by molar-refractivity contribution is 5.85. The molecule has 1 aromatic carbocycles. The van der Waals surface area contributed by atoms with E-state index in [-0.39, 0.29) is 18.3 Å². The summed E-state index contributed by atoms with van der Waals surface area (Å²) in [4.78, 5) is 11.8. The Bertz CT molecular complexity index is 377. The van der Waals surface area contributed by atoms with Gasteiger partial charge in [-0.2, -0.15) is 0 Å². The van der Waals surface area contributed by atoms with Gasteiger partial charge in [0, 0.05) is 11.7 Å². The van der Waals surface area contributed by atoms with E-state index < -0.39 is 0 Å². The lowest BCUT2D eigenvalue weighted by Gasteiger charge is -2.20. The molecule has 0 aliphatic heterocycles. The third-order valence-electron chi connectivity index (χ3n) is 3.72. The summed E-state index contributed by atoms with van der Waals surface area (Å²) in [6.07, 6.45) is 5.14. The number of carbonyl (C=O) groups is 1. The highest BCUT2D eigenvalue weighted by Crippen LogP contribution is 2.27. The Kier molecular flexibility index (Phi) is 6.71. The quantitative estimate of drug-likeness (QED) is 0.871. The molecular weight excluding hydrogens is 260 g/mol. The van der Waals surface area contributed by atoms with E-state index in [2.05, 4.69) is 17.6 Å². The second-order valence-electron chi connectivity index (χ2n) is 5.12. The van der Waals surface area contributed by atoms with Crippen LogP contribution in [0.25, 0.3) is 0 Å².